The molecule has 0 aliphatic carbocycles. The van der Waals surface area contributed by atoms with Gasteiger partial charge in [-0.2, -0.15) is 0 Å². The number of benzene rings is 1. The van der Waals surface area contributed by atoms with E-state index in [1.165, 1.54) is 5.82 Å². The van der Waals surface area contributed by atoms with Crippen LogP contribution in [0.5, 0.6) is 0 Å². The summed E-state index contributed by atoms with van der Waals surface area (Å²) < 4.78 is 15.9. The monoisotopic (exact) mass is 212 g/mol. The Morgan fingerprint density at radius 3 is 2.64 bits per heavy atom. The van der Waals surface area contributed by atoms with Crippen molar-refractivity contribution >= 4 is 13.7 Å². The topological polar surface area (TPSA) is 46.5 Å². The fourth-order valence-corrected chi connectivity index (χ4v) is 1.79. The molecule has 0 amide bonds. The van der Waals surface area contributed by atoms with Crippen LogP contribution in [-0.4, -0.2) is 11.5 Å². The lowest BCUT2D eigenvalue weighted by Gasteiger charge is -2.04. The minimum atomic E-state index is -3.54. The largest absolute Gasteiger partial charge is 0.351 e. The SMILES string of the molecule is CCOP(=O)(O)C=Cc1ccccc1. The van der Waals surface area contributed by atoms with Gasteiger partial charge in [0.05, 0.1) is 6.61 Å². The summed E-state index contributed by atoms with van der Waals surface area (Å²) >= 11 is 0. The van der Waals surface area contributed by atoms with Gasteiger partial charge < -0.3 is 9.42 Å². The summed E-state index contributed by atoms with van der Waals surface area (Å²) in [5.74, 6) is 1.20. The molecule has 0 saturated carbocycles. The third-order valence-electron chi connectivity index (χ3n) is 1.57. The zero-order chi connectivity index (χ0) is 10.4. The molecular weight excluding hydrogens is 199 g/mol. The van der Waals surface area contributed by atoms with E-state index < -0.39 is 7.60 Å². The maximum atomic E-state index is 11.2. The van der Waals surface area contributed by atoms with Gasteiger partial charge in [0.1, 0.15) is 0 Å². The van der Waals surface area contributed by atoms with Crippen molar-refractivity contribution in [3.05, 3.63) is 41.7 Å². The fourth-order valence-electron chi connectivity index (χ4n) is 0.972. The Balaban J connectivity index is 2.69. The molecule has 1 atom stereocenters. The van der Waals surface area contributed by atoms with E-state index in [-0.39, 0.29) is 6.61 Å². The molecule has 1 aromatic rings. The number of hydrogen-bond acceptors (Lipinski definition) is 2. The van der Waals surface area contributed by atoms with Gasteiger partial charge in [-0.1, -0.05) is 30.3 Å². The molecule has 1 unspecified atom stereocenters. The van der Waals surface area contributed by atoms with Crippen molar-refractivity contribution in [1.82, 2.24) is 0 Å². The smallest absolute Gasteiger partial charge is 0.321 e. The standard InChI is InChI=1S/C10H13O3P/c1-2-13-14(11,12)9-8-10-6-4-3-5-7-10/h3-9H,2H2,1H3,(H,11,12). The highest BCUT2D eigenvalue weighted by Gasteiger charge is 2.12. The lowest BCUT2D eigenvalue weighted by Crippen LogP contribution is -1.84. The molecule has 1 rings (SSSR count). The molecule has 0 bridgehead atoms. The van der Waals surface area contributed by atoms with E-state index >= 15 is 0 Å². The summed E-state index contributed by atoms with van der Waals surface area (Å²) in [5.41, 5.74) is 0.876. The molecule has 1 N–H and O–H groups in total. The first-order valence-corrected chi connectivity index (χ1v) is 6.00. The highest BCUT2D eigenvalue weighted by atomic mass is 31.2. The molecule has 1 aromatic carbocycles. The van der Waals surface area contributed by atoms with Crippen molar-refractivity contribution in [2.24, 2.45) is 0 Å². The van der Waals surface area contributed by atoms with Crippen LogP contribution >= 0.6 is 7.60 Å². The second-order valence-corrected chi connectivity index (χ2v) is 4.39. The maximum Gasteiger partial charge on any atom is 0.351 e. The Hall–Kier alpha value is -0.890. The predicted molar refractivity (Wildman–Crippen MR) is 56.9 cm³/mol. The molecule has 0 spiro atoms. The first-order chi connectivity index (χ1) is 6.64. The summed E-state index contributed by atoms with van der Waals surface area (Å²) in [4.78, 5) is 9.22. The highest BCUT2D eigenvalue weighted by Crippen LogP contribution is 2.43. The summed E-state index contributed by atoms with van der Waals surface area (Å²) in [5, 5.41) is 0. The third kappa shape index (κ3) is 3.88. The minimum Gasteiger partial charge on any atom is -0.321 e. The normalized spacial score (nSPS) is 15.6. The van der Waals surface area contributed by atoms with Gasteiger partial charge in [0, 0.05) is 5.82 Å². The third-order valence-corrected chi connectivity index (χ3v) is 2.72. The second-order valence-electron chi connectivity index (χ2n) is 2.71. The fraction of sp³-hybridized carbons (Fsp3) is 0.200. The van der Waals surface area contributed by atoms with E-state index in [9.17, 15) is 9.46 Å². The van der Waals surface area contributed by atoms with Crippen molar-refractivity contribution in [2.45, 2.75) is 6.92 Å². The first-order valence-electron chi connectivity index (χ1n) is 4.35. The Labute approximate surface area is 83.6 Å². The van der Waals surface area contributed by atoms with Crippen molar-refractivity contribution in [3.63, 3.8) is 0 Å². The minimum absolute atomic E-state index is 0.229. The quantitative estimate of drug-likeness (QED) is 0.780. The van der Waals surface area contributed by atoms with Crippen molar-refractivity contribution in [1.29, 1.82) is 0 Å². The maximum absolute atomic E-state index is 11.2. The zero-order valence-electron chi connectivity index (χ0n) is 7.96. The van der Waals surface area contributed by atoms with Crippen LogP contribution in [0.15, 0.2) is 36.1 Å². The summed E-state index contributed by atoms with van der Waals surface area (Å²) in [7, 11) is -3.54. The molecule has 0 heterocycles. The average molecular weight is 212 g/mol. The van der Waals surface area contributed by atoms with E-state index in [1.54, 1.807) is 13.0 Å². The Morgan fingerprint density at radius 2 is 2.07 bits per heavy atom. The van der Waals surface area contributed by atoms with Crippen LogP contribution in [0.3, 0.4) is 0 Å². The molecule has 3 nitrogen and oxygen atoms in total. The van der Waals surface area contributed by atoms with Crippen molar-refractivity contribution in [2.75, 3.05) is 6.61 Å². The first kappa shape index (κ1) is 11.2. The molecule has 0 aromatic heterocycles. The van der Waals surface area contributed by atoms with Crippen LogP contribution in [0.4, 0.5) is 0 Å². The van der Waals surface area contributed by atoms with E-state index in [2.05, 4.69) is 4.52 Å². The van der Waals surface area contributed by atoms with Gasteiger partial charge in [-0.3, -0.25) is 4.57 Å². The van der Waals surface area contributed by atoms with Gasteiger partial charge in [-0.05, 0) is 18.6 Å². The molecule has 0 saturated heterocycles. The van der Waals surface area contributed by atoms with E-state index in [4.69, 9.17) is 0 Å². The van der Waals surface area contributed by atoms with Crippen LogP contribution in [0.2, 0.25) is 0 Å². The number of hydrogen-bond donors (Lipinski definition) is 1. The van der Waals surface area contributed by atoms with Gasteiger partial charge in [-0.25, -0.2) is 0 Å². The summed E-state index contributed by atoms with van der Waals surface area (Å²) in [6, 6.07) is 9.31. The van der Waals surface area contributed by atoms with Gasteiger partial charge in [-0.15, -0.1) is 0 Å². The predicted octanol–water partition coefficient (Wildman–Crippen LogP) is 2.88. The molecule has 0 fully saturated rings. The molecule has 0 aliphatic rings. The van der Waals surface area contributed by atoms with Gasteiger partial charge in [0.15, 0.2) is 0 Å². The van der Waals surface area contributed by atoms with Gasteiger partial charge in [0.2, 0.25) is 0 Å². The Morgan fingerprint density at radius 1 is 1.43 bits per heavy atom. The van der Waals surface area contributed by atoms with Crippen LogP contribution in [0, 0.1) is 0 Å². The van der Waals surface area contributed by atoms with Crippen molar-refractivity contribution < 1.29 is 14.0 Å². The van der Waals surface area contributed by atoms with Gasteiger partial charge in [0.25, 0.3) is 0 Å². The number of rotatable bonds is 4. The van der Waals surface area contributed by atoms with Gasteiger partial charge >= 0.3 is 7.60 Å². The molecular formula is C10H13O3P. The second kappa shape index (κ2) is 5.11. The molecule has 4 heteroatoms. The van der Waals surface area contributed by atoms with E-state index in [1.807, 2.05) is 30.3 Å². The molecule has 0 radical (unpaired) electrons. The van der Waals surface area contributed by atoms with Crippen molar-refractivity contribution in [3.8, 4) is 0 Å². The van der Waals surface area contributed by atoms with E-state index in [0.717, 1.165) is 5.56 Å². The Bertz CT molecular complexity index is 346. The molecule has 76 valence electrons. The van der Waals surface area contributed by atoms with Crippen LogP contribution in [0.1, 0.15) is 12.5 Å². The summed E-state index contributed by atoms with van der Waals surface area (Å²) in [6.45, 7) is 1.91. The Kier molecular flexibility index (Phi) is 4.08. The van der Waals surface area contributed by atoms with Crippen LogP contribution in [-0.2, 0) is 9.09 Å². The zero-order valence-corrected chi connectivity index (χ0v) is 8.85. The highest BCUT2D eigenvalue weighted by molar-refractivity contribution is 7.56. The van der Waals surface area contributed by atoms with Crippen LogP contribution < -0.4 is 0 Å². The molecule has 0 aliphatic heterocycles. The molecule has 14 heavy (non-hydrogen) atoms. The average Bonchev–Trinajstić information content (AvgIpc) is 2.17. The summed E-state index contributed by atoms with van der Waals surface area (Å²) in [6.07, 6.45) is 1.58. The van der Waals surface area contributed by atoms with Crippen LogP contribution in [0.25, 0.3) is 6.08 Å². The lowest BCUT2D eigenvalue weighted by molar-refractivity contribution is 0.283. The lowest BCUT2D eigenvalue weighted by atomic mass is 10.2. The van der Waals surface area contributed by atoms with E-state index in [0.29, 0.717) is 0 Å².